The van der Waals surface area contributed by atoms with E-state index in [4.69, 9.17) is 0 Å². The molecule has 2 aromatic rings. The summed E-state index contributed by atoms with van der Waals surface area (Å²) in [5.74, 6) is 1.05. The third-order valence-electron chi connectivity index (χ3n) is 4.12. The molecule has 3 rings (SSSR count). The molecule has 0 radical (unpaired) electrons. The molecule has 0 spiro atoms. The van der Waals surface area contributed by atoms with E-state index >= 15 is 0 Å². The smallest absolute Gasteiger partial charge is 0.219 e. The van der Waals surface area contributed by atoms with Gasteiger partial charge < -0.3 is 10.0 Å². The predicted molar refractivity (Wildman–Crippen MR) is 86.7 cm³/mol. The number of aromatic hydroxyl groups is 1. The van der Waals surface area contributed by atoms with Crippen LogP contribution < -0.4 is 0 Å². The zero-order chi connectivity index (χ0) is 16.2. The Balaban J connectivity index is 1.72. The van der Waals surface area contributed by atoms with Crippen molar-refractivity contribution in [3.63, 3.8) is 0 Å². The molecule has 0 bridgehead atoms. The van der Waals surface area contributed by atoms with Crippen LogP contribution in [0.1, 0.15) is 12.5 Å². The van der Waals surface area contributed by atoms with Gasteiger partial charge in [0, 0.05) is 63.2 Å². The van der Waals surface area contributed by atoms with Crippen molar-refractivity contribution in [1.82, 2.24) is 19.8 Å². The standard InChI is InChI=1S/C17H20N4O2/c1-13(22)21-9-7-20(8-10-21)12-15-11-14(3-4-16(15)23)17-18-5-2-6-19-17/h2-6,11,23H,7-10,12H2,1H3. The first-order valence-electron chi connectivity index (χ1n) is 7.70. The van der Waals surface area contributed by atoms with Crippen molar-refractivity contribution in [1.29, 1.82) is 0 Å². The van der Waals surface area contributed by atoms with Crippen LogP contribution in [-0.2, 0) is 11.3 Å². The van der Waals surface area contributed by atoms with E-state index in [1.54, 1.807) is 31.5 Å². The lowest BCUT2D eigenvalue weighted by atomic mass is 10.1. The second kappa shape index (κ2) is 6.75. The Morgan fingerprint density at radius 2 is 1.87 bits per heavy atom. The summed E-state index contributed by atoms with van der Waals surface area (Å²) in [7, 11) is 0. The lowest BCUT2D eigenvalue weighted by Crippen LogP contribution is -2.47. The van der Waals surface area contributed by atoms with Crippen molar-refractivity contribution in [2.45, 2.75) is 13.5 Å². The number of piperazine rings is 1. The number of aromatic nitrogens is 2. The number of benzene rings is 1. The van der Waals surface area contributed by atoms with Crippen LogP contribution in [0.4, 0.5) is 0 Å². The van der Waals surface area contributed by atoms with Gasteiger partial charge in [-0.1, -0.05) is 0 Å². The summed E-state index contributed by atoms with van der Waals surface area (Å²) < 4.78 is 0. The number of nitrogens with zero attached hydrogens (tertiary/aromatic N) is 4. The van der Waals surface area contributed by atoms with Crippen LogP contribution in [0.5, 0.6) is 5.75 Å². The zero-order valence-corrected chi connectivity index (χ0v) is 13.1. The zero-order valence-electron chi connectivity index (χ0n) is 13.1. The molecule has 1 saturated heterocycles. The maximum Gasteiger partial charge on any atom is 0.219 e. The molecule has 120 valence electrons. The molecule has 1 fully saturated rings. The van der Waals surface area contributed by atoms with Gasteiger partial charge in [-0.25, -0.2) is 9.97 Å². The highest BCUT2D eigenvalue weighted by Gasteiger charge is 2.19. The van der Waals surface area contributed by atoms with E-state index in [1.165, 1.54) is 0 Å². The second-order valence-corrected chi connectivity index (χ2v) is 5.70. The minimum atomic E-state index is 0.121. The molecule has 0 saturated carbocycles. The minimum Gasteiger partial charge on any atom is -0.508 e. The maximum absolute atomic E-state index is 11.4. The number of carbonyl (C=O) groups excluding carboxylic acids is 1. The van der Waals surface area contributed by atoms with E-state index in [1.807, 2.05) is 17.0 Å². The lowest BCUT2D eigenvalue weighted by Gasteiger charge is -2.34. The molecule has 1 aliphatic heterocycles. The Labute approximate surface area is 135 Å². The van der Waals surface area contributed by atoms with E-state index < -0.39 is 0 Å². The predicted octanol–water partition coefficient (Wildman–Crippen LogP) is 1.51. The second-order valence-electron chi connectivity index (χ2n) is 5.70. The highest BCUT2D eigenvalue weighted by Crippen LogP contribution is 2.25. The Bertz CT molecular complexity index is 682. The first-order chi connectivity index (χ1) is 11.1. The molecular formula is C17H20N4O2. The average Bonchev–Trinajstić information content (AvgIpc) is 2.58. The van der Waals surface area contributed by atoms with Gasteiger partial charge in [0.05, 0.1) is 0 Å². The van der Waals surface area contributed by atoms with Gasteiger partial charge in [-0.15, -0.1) is 0 Å². The molecule has 1 aliphatic rings. The van der Waals surface area contributed by atoms with Crippen LogP contribution in [0.2, 0.25) is 0 Å². The topological polar surface area (TPSA) is 69.6 Å². The number of hydrogen-bond donors (Lipinski definition) is 1. The molecule has 2 heterocycles. The summed E-state index contributed by atoms with van der Waals surface area (Å²) in [4.78, 5) is 24.0. The van der Waals surface area contributed by atoms with Crippen LogP contribution in [0.25, 0.3) is 11.4 Å². The fraction of sp³-hybridized carbons (Fsp3) is 0.353. The van der Waals surface area contributed by atoms with Gasteiger partial charge in [-0.3, -0.25) is 9.69 Å². The van der Waals surface area contributed by atoms with Crippen molar-refractivity contribution in [3.05, 3.63) is 42.2 Å². The van der Waals surface area contributed by atoms with Gasteiger partial charge in [0.15, 0.2) is 5.82 Å². The van der Waals surface area contributed by atoms with Crippen LogP contribution in [-0.4, -0.2) is 57.0 Å². The minimum absolute atomic E-state index is 0.121. The maximum atomic E-state index is 11.4. The van der Waals surface area contributed by atoms with Crippen LogP contribution in [0.15, 0.2) is 36.7 Å². The summed E-state index contributed by atoms with van der Waals surface area (Å²) >= 11 is 0. The molecule has 0 unspecified atom stereocenters. The van der Waals surface area contributed by atoms with Gasteiger partial charge in [-0.05, 0) is 24.3 Å². The molecule has 1 aromatic heterocycles. The number of phenols is 1. The van der Waals surface area contributed by atoms with Crippen molar-refractivity contribution in [2.24, 2.45) is 0 Å². The molecule has 0 atom stereocenters. The molecule has 23 heavy (non-hydrogen) atoms. The third kappa shape index (κ3) is 3.65. The Kier molecular flexibility index (Phi) is 4.52. The highest BCUT2D eigenvalue weighted by atomic mass is 16.3. The quantitative estimate of drug-likeness (QED) is 0.930. The van der Waals surface area contributed by atoms with E-state index in [0.29, 0.717) is 12.4 Å². The third-order valence-corrected chi connectivity index (χ3v) is 4.12. The SMILES string of the molecule is CC(=O)N1CCN(Cc2cc(-c3ncccn3)ccc2O)CC1. The molecular weight excluding hydrogens is 292 g/mol. The summed E-state index contributed by atoms with van der Waals surface area (Å²) in [6.45, 7) is 5.34. The van der Waals surface area contributed by atoms with Gasteiger partial charge in [0.25, 0.3) is 0 Å². The van der Waals surface area contributed by atoms with E-state index in [2.05, 4.69) is 14.9 Å². The normalized spacial score (nSPS) is 15.6. The molecule has 0 aliphatic carbocycles. The lowest BCUT2D eigenvalue weighted by molar-refractivity contribution is -0.130. The van der Waals surface area contributed by atoms with Crippen LogP contribution in [0.3, 0.4) is 0 Å². The van der Waals surface area contributed by atoms with Gasteiger partial charge in [0.1, 0.15) is 5.75 Å². The van der Waals surface area contributed by atoms with Gasteiger partial charge >= 0.3 is 0 Å². The van der Waals surface area contributed by atoms with Crippen molar-refractivity contribution >= 4 is 5.91 Å². The van der Waals surface area contributed by atoms with E-state index in [9.17, 15) is 9.90 Å². The Hall–Kier alpha value is -2.47. The van der Waals surface area contributed by atoms with E-state index in [-0.39, 0.29) is 11.7 Å². The van der Waals surface area contributed by atoms with Gasteiger partial charge in [-0.2, -0.15) is 0 Å². The molecule has 1 amide bonds. The van der Waals surface area contributed by atoms with Crippen molar-refractivity contribution < 1.29 is 9.90 Å². The summed E-state index contributed by atoms with van der Waals surface area (Å²) in [5, 5.41) is 10.1. The molecule has 1 aromatic carbocycles. The number of phenolic OH excluding ortho intramolecular Hbond substituents is 1. The number of carbonyl (C=O) groups is 1. The molecule has 6 heteroatoms. The molecule has 1 N–H and O–H groups in total. The summed E-state index contributed by atoms with van der Waals surface area (Å²) in [6.07, 6.45) is 3.41. The van der Waals surface area contributed by atoms with Crippen LogP contribution >= 0.6 is 0 Å². The molecule has 6 nitrogen and oxygen atoms in total. The summed E-state index contributed by atoms with van der Waals surface area (Å²) in [6, 6.07) is 7.22. The first kappa shape index (κ1) is 15.4. The Morgan fingerprint density at radius 3 is 2.52 bits per heavy atom. The first-order valence-corrected chi connectivity index (χ1v) is 7.70. The fourth-order valence-corrected chi connectivity index (χ4v) is 2.76. The van der Waals surface area contributed by atoms with Crippen LogP contribution in [0, 0.1) is 0 Å². The number of amides is 1. The monoisotopic (exact) mass is 312 g/mol. The highest BCUT2D eigenvalue weighted by molar-refractivity contribution is 5.73. The average molecular weight is 312 g/mol. The van der Waals surface area contributed by atoms with Gasteiger partial charge in [0.2, 0.25) is 5.91 Å². The fourth-order valence-electron chi connectivity index (χ4n) is 2.76. The summed E-state index contributed by atoms with van der Waals surface area (Å²) in [5.41, 5.74) is 1.74. The van der Waals surface area contributed by atoms with Crippen molar-refractivity contribution in [3.8, 4) is 17.1 Å². The Morgan fingerprint density at radius 1 is 1.17 bits per heavy atom. The van der Waals surface area contributed by atoms with E-state index in [0.717, 1.165) is 37.3 Å². The number of hydrogen-bond acceptors (Lipinski definition) is 5. The largest absolute Gasteiger partial charge is 0.508 e. The van der Waals surface area contributed by atoms with Crippen molar-refractivity contribution in [2.75, 3.05) is 26.2 Å². The number of rotatable bonds is 3.